The number of rotatable bonds is 5. The van der Waals surface area contributed by atoms with E-state index in [1.807, 2.05) is 0 Å². The van der Waals surface area contributed by atoms with Crippen molar-refractivity contribution in [3.63, 3.8) is 0 Å². The van der Waals surface area contributed by atoms with Gasteiger partial charge in [0.25, 0.3) is 0 Å². The SMILES string of the molecule is NC(=O)CCCC(N)c1c(Cl)cc(Cl)c(Cl)c1Cl. The molecule has 1 rings (SSSR count). The first-order chi connectivity index (χ1) is 8.34. The first-order valence-electron chi connectivity index (χ1n) is 5.21. The Kier molecular flexibility index (Phi) is 6.02. The van der Waals surface area contributed by atoms with E-state index in [2.05, 4.69) is 0 Å². The third-order valence-electron chi connectivity index (χ3n) is 2.46. The van der Waals surface area contributed by atoms with E-state index < -0.39 is 6.04 Å². The lowest BCUT2D eigenvalue weighted by molar-refractivity contribution is -0.118. The molecule has 0 aliphatic carbocycles. The van der Waals surface area contributed by atoms with Crippen molar-refractivity contribution in [1.82, 2.24) is 0 Å². The van der Waals surface area contributed by atoms with Crippen molar-refractivity contribution in [2.75, 3.05) is 0 Å². The van der Waals surface area contributed by atoms with Gasteiger partial charge in [0.15, 0.2) is 0 Å². The van der Waals surface area contributed by atoms with Crippen LogP contribution in [0.25, 0.3) is 0 Å². The number of hydrogen-bond donors (Lipinski definition) is 2. The van der Waals surface area contributed by atoms with Crippen LogP contribution in [0.3, 0.4) is 0 Å². The highest BCUT2D eigenvalue weighted by Crippen LogP contribution is 2.40. The minimum atomic E-state index is -0.417. The highest BCUT2D eigenvalue weighted by Gasteiger charge is 2.19. The third kappa shape index (κ3) is 3.90. The fourth-order valence-corrected chi connectivity index (χ4v) is 2.76. The normalized spacial score (nSPS) is 12.5. The topological polar surface area (TPSA) is 69.1 Å². The Morgan fingerprint density at radius 1 is 1.17 bits per heavy atom. The number of benzene rings is 1. The molecule has 100 valence electrons. The van der Waals surface area contributed by atoms with E-state index in [0.717, 1.165) is 0 Å². The van der Waals surface area contributed by atoms with Crippen molar-refractivity contribution >= 4 is 52.3 Å². The average Bonchev–Trinajstić information content (AvgIpc) is 2.25. The van der Waals surface area contributed by atoms with Gasteiger partial charge >= 0.3 is 0 Å². The van der Waals surface area contributed by atoms with Crippen LogP contribution in [0.5, 0.6) is 0 Å². The van der Waals surface area contributed by atoms with Gasteiger partial charge in [-0.3, -0.25) is 4.79 Å². The Bertz CT molecular complexity index is 465. The molecule has 1 unspecified atom stereocenters. The van der Waals surface area contributed by atoms with Crippen LogP contribution in [-0.4, -0.2) is 5.91 Å². The molecule has 1 aromatic carbocycles. The van der Waals surface area contributed by atoms with Gasteiger partial charge in [0.1, 0.15) is 0 Å². The minimum absolute atomic E-state index is 0.225. The van der Waals surface area contributed by atoms with E-state index in [0.29, 0.717) is 23.4 Å². The Morgan fingerprint density at radius 3 is 2.33 bits per heavy atom. The van der Waals surface area contributed by atoms with Crippen LogP contribution in [0, 0.1) is 0 Å². The number of amides is 1. The molecular weight excluding hydrogens is 318 g/mol. The maximum atomic E-state index is 10.6. The van der Waals surface area contributed by atoms with Gasteiger partial charge in [-0.2, -0.15) is 0 Å². The lowest BCUT2D eigenvalue weighted by Crippen LogP contribution is -2.14. The molecule has 0 fully saturated rings. The molecule has 0 heterocycles. The molecular formula is C11H12Cl4N2O. The number of nitrogens with two attached hydrogens (primary N) is 2. The summed E-state index contributed by atoms with van der Waals surface area (Å²) in [4.78, 5) is 10.6. The van der Waals surface area contributed by atoms with Gasteiger partial charge in [-0.15, -0.1) is 0 Å². The van der Waals surface area contributed by atoms with Gasteiger partial charge in [-0.05, 0) is 18.9 Å². The molecule has 0 bridgehead atoms. The summed E-state index contributed by atoms with van der Waals surface area (Å²) in [6.07, 6.45) is 1.36. The monoisotopic (exact) mass is 328 g/mol. The van der Waals surface area contributed by atoms with E-state index in [1.54, 1.807) is 0 Å². The summed E-state index contributed by atoms with van der Waals surface area (Å²) in [6.45, 7) is 0. The molecule has 0 aromatic heterocycles. The van der Waals surface area contributed by atoms with Crippen molar-refractivity contribution in [1.29, 1.82) is 0 Å². The zero-order chi connectivity index (χ0) is 13.9. The summed E-state index contributed by atoms with van der Waals surface area (Å²) in [5, 5.41) is 1.12. The highest BCUT2D eigenvalue weighted by atomic mass is 35.5. The number of carbonyl (C=O) groups is 1. The molecule has 0 aliphatic rings. The zero-order valence-electron chi connectivity index (χ0n) is 9.35. The van der Waals surface area contributed by atoms with E-state index in [9.17, 15) is 4.79 Å². The van der Waals surface area contributed by atoms with Gasteiger partial charge in [-0.1, -0.05) is 46.4 Å². The maximum Gasteiger partial charge on any atom is 0.217 e. The number of hydrogen-bond acceptors (Lipinski definition) is 2. The Morgan fingerprint density at radius 2 is 1.78 bits per heavy atom. The highest BCUT2D eigenvalue weighted by molar-refractivity contribution is 6.49. The molecule has 0 saturated carbocycles. The van der Waals surface area contributed by atoms with Crippen LogP contribution in [-0.2, 0) is 4.79 Å². The minimum Gasteiger partial charge on any atom is -0.370 e. The van der Waals surface area contributed by atoms with E-state index in [-0.39, 0.29) is 27.4 Å². The predicted octanol–water partition coefficient (Wildman–Crippen LogP) is 3.96. The van der Waals surface area contributed by atoms with E-state index in [1.165, 1.54) is 6.07 Å². The second kappa shape index (κ2) is 6.83. The maximum absolute atomic E-state index is 10.6. The first-order valence-corrected chi connectivity index (χ1v) is 6.72. The molecule has 1 aromatic rings. The summed E-state index contributed by atoms with van der Waals surface area (Å²) in [5.41, 5.74) is 11.6. The molecule has 0 spiro atoms. The lowest BCUT2D eigenvalue weighted by Gasteiger charge is -2.16. The number of primary amides is 1. The first kappa shape index (κ1) is 15.9. The van der Waals surface area contributed by atoms with Crippen LogP contribution in [0.2, 0.25) is 20.1 Å². The quantitative estimate of drug-likeness (QED) is 0.634. The molecule has 0 aliphatic heterocycles. The standard InChI is InChI=1S/C11H12Cl4N2O/c12-5-4-6(13)10(14)11(15)9(5)7(16)2-1-3-8(17)18/h4,7H,1-3,16H2,(H2,17,18). The van der Waals surface area contributed by atoms with Crippen LogP contribution in [0.1, 0.15) is 30.9 Å². The van der Waals surface area contributed by atoms with E-state index in [4.69, 9.17) is 57.9 Å². The van der Waals surface area contributed by atoms with Crippen LogP contribution in [0.15, 0.2) is 6.07 Å². The molecule has 4 N–H and O–H groups in total. The second-order valence-corrected chi connectivity index (χ2v) is 5.42. The Labute approximate surface area is 125 Å². The van der Waals surface area contributed by atoms with Crippen molar-refractivity contribution in [3.8, 4) is 0 Å². The van der Waals surface area contributed by atoms with Gasteiger partial charge in [-0.25, -0.2) is 0 Å². The number of halogens is 4. The lowest BCUT2D eigenvalue weighted by atomic mass is 10.0. The summed E-state index contributed by atoms with van der Waals surface area (Å²) in [5.74, 6) is -0.367. The van der Waals surface area contributed by atoms with E-state index >= 15 is 0 Å². The summed E-state index contributed by atoms with van der Waals surface area (Å²) < 4.78 is 0. The third-order valence-corrected chi connectivity index (χ3v) is 4.05. The average molecular weight is 330 g/mol. The fourth-order valence-electron chi connectivity index (χ4n) is 1.56. The number of carbonyl (C=O) groups excluding carboxylic acids is 1. The fraction of sp³-hybridized carbons (Fsp3) is 0.364. The molecule has 18 heavy (non-hydrogen) atoms. The van der Waals surface area contributed by atoms with Gasteiger partial charge in [0, 0.05) is 23.0 Å². The van der Waals surface area contributed by atoms with Crippen molar-refractivity contribution in [3.05, 3.63) is 31.7 Å². The Balaban J connectivity index is 2.89. The molecule has 1 atom stereocenters. The van der Waals surface area contributed by atoms with Gasteiger partial charge in [0.2, 0.25) is 5.91 Å². The van der Waals surface area contributed by atoms with Gasteiger partial charge in [0.05, 0.1) is 15.1 Å². The smallest absolute Gasteiger partial charge is 0.217 e. The second-order valence-electron chi connectivity index (χ2n) is 3.85. The molecule has 0 radical (unpaired) electrons. The summed E-state index contributed by atoms with van der Waals surface area (Å²) in [6, 6.07) is 1.08. The van der Waals surface area contributed by atoms with Gasteiger partial charge < -0.3 is 11.5 Å². The Hall–Kier alpha value is -0.190. The van der Waals surface area contributed by atoms with Crippen molar-refractivity contribution in [2.24, 2.45) is 11.5 Å². The summed E-state index contributed by atoms with van der Waals surface area (Å²) >= 11 is 23.9. The molecule has 3 nitrogen and oxygen atoms in total. The van der Waals surface area contributed by atoms with Crippen molar-refractivity contribution in [2.45, 2.75) is 25.3 Å². The molecule has 1 amide bonds. The van der Waals surface area contributed by atoms with Crippen LogP contribution < -0.4 is 11.5 Å². The zero-order valence-corrected chi connectivity index (χ0v) is 12.4. The predicted molar refractivity (Wildman–Crippen MR) is 76.5 cm³/mol. The van der Waals surface area contributed by atoms with Crippen LogP contribution in [0.4, 0.5) is 0 Å². The summed E-state index contributed by atoms with van der Waals surface area (Å²) in [7, 11) is 0. The molecule has 0 saturated heterocycles. The molecule has 7 heteroatoms. The van der Waals surface area contributed by atoms with Crippen molar-refractivity contribution < 1.29 is 4.79 Å². The largest absolute Gasteiger partial charge is 0.370 e. The van der Waals surface area contributed by atoms with Crippen LogP contribution >= 0.6 is 46.4 Å².